The van der Waals surface area contributed by atoms with Crippen molar-refractivity contribution in [1.29, 1.82) is 0 Å². The van der Waals surface area contributed by atoms with Gasteiger partial charge < -0.3 is 10.4 Å². The highest BCUT2D eigenvalue weighted by Gasteiger charge is 2.11. The second-order valence-corrected chi connectivity index (χ2v) is 5.37. The van der Waals surface area contributed by atoms with Crippen LogP contribution in [0.1, 0.15) is 21.6 Å². The Morgan fingerprint density at radius 1 is 1.09 bits per heavy atom. The van der Waals surface area contributed by atoms with Gasteiger partial charge in [0.15, 0.2) is 5.69 Å². The molecule has 0 aliphatic heterocycles. The van der Waals surface area contributed by atoms with Crippen LogP contribution in [0.3, 0.4) is 0 Å². The van der Waals surface area contributed by atoms with Crippen molar-refractivity contribution in [3.05, 3.63) is 65.4 Å². The fourth-order valence-electron chi connectivity index (χ4n) is 2.54. The lowest BCUT2D eigenvalue weighted by Crippen LogP contribution is -2.11. The molecule has 3 N–H and O–H groups in total. The number of benzene rings is 2. The van der Waals surface area contributed by atoms with Gasteiger partial charge in [0.25, 0.3) is 0 Å². The predicted molar refractivity (Wildman–Crippen MR) is 86.7 cm³/mol. The summed E-state index contributed by atoms with van der Waals surface area (Å²) in [5.74, 6) is -0.919. The first-order valence-electron chi connectivity index (χ1n) is 7.07. The van der Waals surface area contributed by atoms with Crippen molar-refractivity contribution < 1.29 is 14.9 Å². The van der Waals surface area contributed by atoms with Gasteiger partial charge in [0.2, 0.25) is 5.52 Å². The molecule has 3 rings (SSSR count). The molecule has 4 heteroatoms. The second kappa shape index (κ2) is 5.48. The number of para-hydroxylation sites is 1. The number of aromatic amines is 1. The van der Waals surface area contributed by atoms with Crippen molar-refractivity contribution in [2.75, 3.05) is 5.32 Å². The third-order valence-corrected chi connectivity index (χ3v) is 3.66. The molecular formula is C18H17N2O2+. The van der Waals surface area contributed by atoms with E-state index in [9.17, 15) is 4.79 Å². The van der Waals surface area contributed by atoms with Crippen LogP contribution >= 0.6 is 0 Å². The van der Waals surface area contributed by atoms with Crippen molar-refractivity contribution in [2.45, 2.75) is 13.8 Å². The Morgan fingerprint density at radius 2 is 1.82 bits per heavy atom. The van der Waals surface area contributed by atoms with Crippen LogP contribution in [0.25, 0.3) is 10.9 Å². The van der Waals surface area contributed by atoms with E-state index in [-0.39, 0.29) is 5.56 Å². The van der Waals surface area contributed by atoms with Gasteiger partial charge in [-0.05, 0) is 37.3 Å². The molecule has 0 amide bonds. The molecule has 110 valence electrons. The molecule has 0 atom stereocenters. The normalized spacial score (nSPS) is 10.6. The summed E-state index contributed by atoms with van der Waals surface area (Å²) in [5.41, 5.74) is 5.49. The summed E-state index contributed by atoms with van der Waals surface area (Å²) in [6.07, 6.45) is 0. The summed E-state index contributed by atoms with van der Waals surface area (Å²) in [5, 5.41) is 13.4. The first-order chi connectivity index (χ1) is 10.5. The van der Waals surface area contributed by atoms with Crippen molar-refractivity contribution in [2.24, 2.45) is 0 Å². The van der Waals surface area contributed by atoms with Crippen LogP contribution in [0.5, 0.6) is 0 Å². The lowest BCUT2D eigenvalue weighted by molar-refractivity contribution is -0.354. The van der Waals surface area contributed by atoms with Gasteiger partial charge >= 0.3 is 5.97 Å². The number of hydrogen-bond acceptors (Lipinski definition) is 2. The molecule has 0 fully saturated rings. The molecule has 0 radical (unpaired) electrons. The van der Waals surface area contributed by atoms with Crippen LogP contribution in [-0.4, -0.2) is 11.1 Å². The van der Waals surface area contributed by atoms with Gasteiger partial charge in [-0.3, -0.25) is 0 Å². The summed E-state index contributed by atoms with van der Waals surface area (Å²) in [6, 6.07) is 15.0. The van der Waals surface area contributed by atoms with Crippen LogP contribution in [0.15, 0.2) is 48.5 Å². The number of anilines is 2. The zero-order chi connectivity index (χ0) is 15.7. The minimum absolute atomic E-state index is 0.281. The Balaban J connectivity index is 2.03. The number of carboxylic acids is 1. The molecule has 2 aromatic carbocycles. The monoisotopic (exact) mass is 293 g/mol. The van der Waals surface area contributed by atoms with Crippen molar-refractivity contribution >= 4 is 28.2 Å². The average Bonchev–Trinajstić information content (AvgIpc) is 2.49. The molecule has 0 bridgehead atoms. The lowest BCUT2D eigenvalue weighted by atomic mass is 10.1. The zero-order valence-electron chi connectivity index (χ0n) is 12.5. The summed E-state index contributed by atoms with van der Waals surface area (Å²) in [7, 11) is 0. The van der Waals surface area contributed by atoms with E-state index in [1.165, 1.54) is 5.56 Å². The van der Waals surface area contributed by atoms with E-state index < -0.39 is 5.97 Å². The topological polar surface area (TPSA) is 63.5 Å². The lowest BCUT2D eigenvalue weighted by Gasteiger charge is -2.09. The number of carbonyl (C=O) groups is 1. The summed E-state index contributed by atoms with van der Waals surface area (Å²) in [6.45, 7) is 4.09. The van der Waals surface area contributed by atoms with Crippen LogP contribution in [0.4, 0.5) is 11.4 Å². The number of fused-ring (bicyclic) bond motifs is 1. The van der Waals surface area contributed by atoms with Crippen LogP contribution in [-0.2, 0) is 0 Å². The third kappa shape index (κ3) is 2.63. The van der Waals surface area contributed by atoms with E-state index in [0.29, 0.717) is 0 Å². The van der Waals surface area contributed by atoms with Gasteiger partial charge in [-0.15, -0.1) is 0 Å². The molecule has 3 aromatic rings. The molecule has 4 nitrogen and oxygen atoms in total. The Hall–Kier alpha value is -2.88. The summed E-state index contributed by atoms with van der Waals surface area (Å²) >= 11 is 0. The number of H-pyrrole nitrogens is 1. The van der Waals surface area contributed by atoms with Gasteiger partial charge in [0.1, 0.15) is 0 Å². The van der Waals surface area contributed by atoms with Crippen molar-refractivity contribution in [3.63, 3.8) is 0 Å². The standard InChI is InChI=1S/C18H16N2O2/c1-11-4-3-5-15-16(10-12(2)19-17(11)15)20-14-8-6-13(7-9-14)18(21)22/h3-10H,1-2H3,(H,19,20)(H,21,22)/p+1. The maximum Gasteiger partial charge on any atom is 0.335 e. The molecule has 0 aliphatic rings. The van der Waals surface area contributed by atoms with Gasteiger partial charge in [-0.25, -0.2) is 9.78 Å². The van der Waals surface area contributed by atoms with E-state index in [1.54, 1.807) is 24.3 Å². The Morgan fingerprint density at radius 3 is 2.50 bits per heavy atom. The SMILES string of the molecule is Cc1cc(Nc2ccc(C(=O)O)cc2)c2cccc(C)c2[nH+]1. The van der Waals surface area contributed by atoms with Gasteiger partial charge in [-0.2, -0.15) is 0 Å². The number of pyridine rings is 1. The highest BCUT2D eigenvalue weighted by Crippen LogP contribution is 2.26. The van der Waals surface area contributed by atoms with E-state index in [4.69, 9.17) is 5.11 Å². The molecule has 0 saturated carbocycles. The number of nitrogens with one attached hydrogen (secondary N) is 2. The number of aromatic carboxylic acids is 1. The molecule has 0 unspecified atom stereocenters. The summed E-state index contributed by atoms with van der Waals surface area (Å²) < 4.78 is 0. The second-order valence-electron chi connectivity index (χ2n) is 5.37. The predicted octanol–water partition coefficient (Wildman–Crippen LogP) is 3.71. The average molecular weight is 293 g/mol. The number of hydrogen-bond donors (Lipinski definition) is 2. The van der Waals surface area contributed by atoms with E-state index in [2.05, 4.69) is 29.4 Å². The maximum absolute atomic E-state index is 10.9. The van der Waals surface area contributed by atoms with Gasteiger partial charge in [0.05, 0.1) is 16.6 Å². The van der Waals surface area contributed by atoms with E-state index in [0.717, 1.165) is 28.0 Å². The van der Waals surface area contributed by atoms with Crippen molar-refractivity contribution in [3.8, 4) is 0 Å². The highest BCUT2D eigenvalue weighted by atomic mass is 16.4. The molecule has 0 aliphatic carbocycles. The number of aryl methyl sites for hydroxylation is 2. The van der Waals surface area contributed by atoms with Crippen molar-refractivity contribution in [1.82, 2.24) is 0 Å². The fraction of sp³-hybridized carbons (Fsp3) is 0.111. The fourth-order valence-corrected chi connectivity index (χ4v) is 2.54. The number of carboxylic acid groups (broad SMARTS) is 1. The molecule has 1 heterocycles. The molecular weight excluding hydrogens is 276 g/mol. The van der Waals surface area contributed by atoms with Gasteiger partial charge in [-0.1, -0.05) is 12.1 Å². The molecule has 1 aromatic heterocycles. The molecule has 22 heavy (non-hydrogen) atoms. The quantitative estimate of drug-likeness (QED) is 0.773. The summed E-state index contributed by atoms with van der Waals surface area (Å²) in [4.78, 5) is 14.3. The Kier molecular flexibility index (Phi) is 3.51. The highest BCUT2D eigenvalue weighted by molar-refractivity contribution is 5.93. The van der Waals surface area contributed by atoms with E-state index >= 15 is 0 Å². The Bertz CT molecular complexity index is 855. The maximum atomic E-state index is 10.9. The first-order valence-corrected chi connectivity index (χ1v) is 7.07. The first kappa shape index (κ1) is 14.1. The number of aromatic nitrogens is 1. The number of rotatable bonds is 3. The third-order valence-electron chi connectivity index (χ3n) is 3.66. The zero-order valence-corrected chi connectivity index (χ0v) is 12.5. The van der Waals surface area contributed by atoms with Gasteiger partial charge in [0, 0.05) is 24.2 Å². The molecule has 0 spiro atoms. The Labute approximate surface area is 128 Å². The minimum Gasteiger partial charge on any atom is -0.478 e. The van der Waals surface area contributed by atoms with Crippen LogP contribution < -0.4 is 10.3 Å². The van der Waals surface area contributed by atoms with E-state index in [1.807, 2.05) is 19.1 Å². The minimum atomic E-state index is -0.919. The largest absolute Gasteiger partial charge is 0.478 e. The smallest absolute Gasteiger partial charge is 0.335 e. The van der Waals surface area contributed by atoms with Crippen LogP contribution in [0.2, 0.25) is 0 Å². The molecule has 0 saturated heterocycles. The van der Waals surface area contributed by atoms with Crippen LogP contribution in [0, 0.1) is 13.8 Å².